The van der Waals surface area contributed by atoms with Gasteiger partial charge in [-0.05, 0) is 66.1 Å². The van der Waals surface area contributed by atoms with Gasteiger partial charge in [-0.3, -0.25) is 25.0 Å². The molecule has 12 heteroatoms. The maximum Gasteiger partial charge on any atom is 0.335 e. The number of nitrogens with one attached hydrogen (secondary N) is 1. The summed E-state index contributed by atoms with van der Waals surface area (Å²) in [6.07, 6.45) is 1.33. The van der Waals surface area contributed by atoms with Crippen LogP contribution < -0.4 is 29.2 Å². The van der Waals surface area contributed by atoms with Crippen LogP contribution in [0.25, 0.3) is 6.08 Å². The number of hydrogen-bond acceptors (Lipinski definition) is 9. The van der Waals surface area contributed by atoms with E-state index in [2.05, 4.69) is 5.32 Å². The zero-order valence-corrected chi connectivity index (χ0v) is 24.9. The predicted octanol–water partition coefficient (Wildman–Crippen LogP) is 5.83. The normalized spacial score (nSPS) is 13.7. The molecule has 0 atom stereocenters. The Bertz CT molecular complexity index is 1800. The molecule has 0 radical (unpaired) electrons. The molecule has 234 valence electrons. The van der Waals surface area contributed by atoms with Crippen molar-refractivity contribution in [2.45, 2.75) is 20.1 Å². The van der Waals surface area contributed by atoms with Crippen LogP contribution in [0.2, 0.25) is 0 Å². The second-order valence-electron chi connectivity index (χ2n) is 9.92. The van der Waals surface area contributed by atoms with E-state index in [4.69, 9.17) is 18.9 Å². The standard InChI is InChI=1S/C34H29N3O9/c1-3-44-31-18-23(17-27-32(38)35-34(40)36(33(27)39)25-11-13-26(14-12-25)37(41)42)9-15-29(31)46-21-24-10-16-28(30(19-24)43-2)45-20-22-7-5-4-6-8-22/h4-19H,3,20-21H2,1-2H3,(H,35,38,40)/b27-17-. The topological polar surface area (TPSA) is 147 Å². The Kier molecular flexibility index (Phi) is 9.57. The number of hydrogen-bond donors (Lipinski definition) is 1. The summed E-state index contributed by atoms with van der Waals surface area (Å²) in [5.41, 5.74) is 1.83. The van der Waals surface area contributed by atoms with Crippen LogP contribution in [0.3, 0.4) is 0 Å². The number of nitro benzene ring substituents is 1. The highest BCUT2D eigenvalue weighted by molar-refractivity contribution is 6.39. The first-order valence-corrected chi connectivity index (χ1v) is 14.2. The van der Waals surface area contributed by atoms with Gasteiger partial charge in [0.1, 0.15) is 18.8 Å². The number of methoxy groups -OCH3 is 1. The molecule has 1 N–H and O–H groups in total. The van der Waals surface area contributed by atoms with Gasteiger partial charge in [0.15, 0.2) is 23.0 Å². The Morgan fingerprint density at radius 3 is 2.13 bits per heavy atom. The number of rotatable bonds is 12. The third-order valence-corrected chi connectivity index (χ3v) is 6.86. The maximum atomic E-state index is 13.3. The average molecular weight is 624 g/mol. The van der Waals surface area contributed by atoms with Crippen molar-refractivity contribution in [3.63, 3.8) is 0 Å². The summed E-state index contributed by atoms with van der Waals surface area (Å²) in [6, 6.07) is 24.1. The van der Waals surface area contributed by atoms with Crippen LogP contribution in [-0.2, 0) is 22.8 Å². The van der Waals surface area contributed by atoms with E-state index in [1.54, 1.807) is 32.2 Å². The van der Waals surface area contributed by atoms with E-state index in [1.807, 2.05) is 48.5 Å². The van der Waals surface area contributed by atoms with E-state index >= 15 is 0 Å². The van der Waals surface area contributed by atoms with Crippen LogP contribution in [0.1, 0.15) is 23.6 Å². The second-order valence-corrected chi connectivity index (χ2v) is 9.92. The number of barbiturate groups is 1. The van der Waals surface area contributed by atoms with Crippen LogP contribution in [0.15, 0.2) is 96.6 Å². The molecule has 4 aromatic carbocycles. The Balaban J connectivity index is 1.32. The van der Waals surface area contributed by atoms with Crippen LogP contribution in [0.4, 0.5) is 16.2 Å². The van der Waals surface area contributed by atoms with Crippen molar-refractivity contribution in [3.05, 3.63) is 123 Å². The molecule has 1 heterocycles. The number of nitro groups is 1. The first kappa shape index (κ1) is 31.3. The first-order valence-electron chi connectivity index (χ1n) is 14.2. The lowest BCUT2D eigenvalue weighted by atomic mass is 10.1. The number of urea groups is 1. The summed E-state index contributed by atoms with van der Waals surface area (Å²) in [4.78, 5) is 49.6. The molecule has 0 aliphatic carbocycles. The molecule has 4 aromatic rings. The lowest BCUT2D eigenvalue weighted by Gasteiger charge is -2.26. The fourth-order valence-corrected chi connectivity index (χ4v) is 4.60. The van der Waals surface area contributed by atoms with Gasteiger partial charge in [0.2, 0.25) is 0 Å². The monoisotopic (exact) mass is 623 g/mol. The minimum Gasteiger partial charge on any atom is -0.493 e. The fraction of sp³-hybridized carbons (Fsp3) is 0.147. The number of non-ortho nitro benzene ring substituents is 1. The number of amides is 4. The number of carbonyl (C=O) groups is 3. The van der Waals surface area contributed by atoms with Crippen LogP contribution >= 0.6 is 0 Å². The Morgan fingerprint density at radius 1 is 0.783 bits per heavy atom. The van der Waals surface area contributed by atoms with Crippen LogP contribution in [-0.4, -0.2) is 36.5 Å². The van der Waals surface area contributed by atoms with E-state index < -0.39 is 22.8 Å². The van der Waals surface area contributed by atoms with Crippen molar-refractivity contribution in [2.75, 3.05) is 18.6 Å². The van der Waals surface area contributed by atoms with E-state index in [-0.39, 0.29) is 23.6 Å². The second kappa shape index (κ2) is 14.1. The van der Waals surface area contributed by atoms with Crippen LogP contribution in [0, 0.1) is 10.1 Å². The Hall–Kier alpha value is -6.17. The number of imide groups is 2. The minimum absolute atomic E-state index is 0.0673. The average Bonchev–Trinajstić information content (AvgIpc) is 3.06. The smallest absolute Gasteiger partial charge is 0.335 e. The molecule has 0 saturated carbocycles. The molecule has 46 heavy (non-hydrogen) atoms. The van der Waals surface area contributed by atoms with E-state index in [9.17, 15) is 24.5 Å². The number of anilines is 1. The van der Waals surface area contributed by atoms with Gasteiger partial charge < -0.3 is 18.9 Å². The SMILES string of the molecule is CCOc1cc(/C=C2/C(=O)NC(=O)N(c3ccc([N+](=O)[O-])cc3)C2=O)ccc1OCc1ccc(OCc2ccccc2)c(OC)c1. The van der Waals surface area contributed by atoms with Gasteiger partial charge in [0.05, 0.1) is 24.3 Å². The number of ether oxygens (including phenoxy) is 4. The van der Waals surface area contributed by atoms with Gasteiger partial charge in [-0.15, -0.1) is 0 Å². The molecular weight excluding hydrogens is 594 g/mol. The lowest BCUT2D eigenvalue weighted by molar-refractivity contribution is -0.384. The van der Waals surface area contributed by atoms with Crippen molar-refractivity contribution in [2.24, 2.45) is 0 Å². The summed E-state index contributed by atoms with van der Waals surface area (Å²) in [5.74, 6) is 0.189. The van der Waals surface area contributed by atoms with Gasteiger partial charge in [0.25, 0.3) is 17.5 Å². The van der Waals surface area contributed by atoms with E-state index in [0.29, 0.717) is 41.8 Å². The summed E-state index contributed by atoms with van der Waals surface area (Å²) in [5, 5.41) is 13.1. The van der Waals surface area contributed by atoms with Crippen molar-refractivity contribution < 1.29 is 38.3 Å². The number of benzene rings is 4. The molecule has 0 unspecified atom stereocenters. The molecule has 0 aromatic heterocycles. The molecule has 1 saturated heterocycles. The highest BCUT2D eigenvalue weighted by Crippen LogP contribution is 2.33. The minimum atomic E-state index is -0.966. The number of nitrogens with zero attached hydrogens (tertiary/aromatic N) is 2. The Morgan fingerprint density at radius 2 is 1.46 bits per heavy atom. The Labute approximate surface area is 263 Å². The van der Waals surface area contributed by atoms with Crippen molar-refractivity contribution >= 4 is 35.3 Å². The molecule has 4 amide bonds. The van der Waals surface area contributed by atoms with Crippen LogP contribution in [0.5, 0.6) is 23.0 Å². The zero-order valence-electron chi connectivity index (χ0n) is 24.9. The van der Waals surface area contributed by atoms with E-state index in [0.717, 1.165) is 28.2 Å². The first-order chi connectivity index (χ1) is 22.3. The fourth-order valence-electron chi connectivity index (χ4n) is 4.60. The molecule has 1 aliphatic rings. The number of carbonyl (C=O) groups excluding carboxylic acids is 3. The van der Waals surface area contributed by atoms with Gasteiger partial charge >= 0.3 is 6.03 Å². The molecule has 12 nitrogen and oxygen atoms in total. The predicted molar refractivity (Wildman–Crippen MR) is 168 cm³/mol. The molecule has 1 fully saturated rings. The highest BCUT2D eigenvalue weighted by Gasteiger charge is 2.37. The summed E-state index contributed by atoms with van der Waals surface area (Å²) in [6.45, 7) is 2.70. The maximum absolute atomic E-state index is 13.3. The molecule has 0 bridgehead atoms. The van der Waals surface area contributed by atoms with Gasteiger partial charge in [-0.2, -0.15) is 0 Å². The van der Waals surface area contributed by atoms with Crippen molar-refractivity contribution in [3.8, 4) is 23.0 Å². The third-order valence-electron chi connectivity index (χ3n) is 6.86. The van der Waals surface area contributed by atoms with Gasteiger partial charge in [0, 0.05) is 12.1 Å². The zero-order chi connectivity index (χ0) is 32.6. The summed E-state index contributed by atoms with van der Waals surface area (Å²) < 4.78 is 23.3. The highest BCUT2D eigenvalue weighted by atomic mass is 16.6. The summed E-state index contributed by atoms with van der Waals surface area (Å²) in [7, 11) is 1.56. The quantitative estimate of drug-likeness (QED) is 0.0892. The largest absolute Gasteiger partial charge is 0.493 e. The van der Waals surface area contributed by atoms with Gasteiger partial charge in [-0.25, -0.2) is 9.69 Å². The van der Waals surface area contributed by atoms with Crippen molar-refractivity contribution in [1.29, 1.82) is 0 Å². The molecule has 5 rings (SSSR count). The van der Waals surface area contributed by atoms with Gasteiger partial charge in [-0.1, -0.05) is 42.5 Å². The lowest BCUT2D eigenvalue weighted by Crippen LogP contribution is -2.54. The van der Waals surface area contributed by atoms with E-state index in [1.165, 1.54) is 18.2 Å². The summed E-state index contributed by atoms with van der Waals surface area (Å²) >= 11 is 0. The molecular formula is C34H29N3O9. The van der Waals surface area contributed by atoms with Crippen molar-refractivity contribution in [1.82, 2.24) is 5.32 Å². The third kappa shape index (κ3) is 7.13. The molecule has 1 aliphatic heterocycles. The molecule has 0 spiro atoms.